The van der Waals surface area contributed by atoms with E-state index in [4.69, 9.17) is 9.47 Å². The largest absolute Gasteiger partial charge is 1.00 e. The van der Waals surface area contributed by atoms with Gasteiger partial charge < -0.3 is 36.0 Å². The van der Waals surface area contributed by atoms with Crippen LogP contribution >= 0.6 is 0 Å². The van der Waals surface area contributed by atoms with E-state index in [1.807, 2.05) is 60.7 Å². The highest BCUT2D eigenvalue weighted by atomic mass is 79.9. The molecule has 0 aromatic heterocycles. The molecule has 3 aliphatic heterocycles. The van der Waals surface area contributed by atoms with E-state index in [2.05, 4.69) is 24.3 Å². The lowest BCUT2D eigenvalue weighted by Crippen LogP contribution is -3.00. The number of benzene rings is 3. The van der Waals surface area contributed by atoms with Crippen LogP contribution in [0.25, 0.3) is 0 Å². The molecule has 0 spiro atoms. The van der Waals surface area contributed by atoms with Gasteiger partial charge in [-0.25, -0.2) is 0 Å². The maximum atomic E-state index is 12.5. The monoisotopic (exact) mass is 537 g/mol. The lowest BCUT2D eigenvalue weighted by molar-refractivity contribution is -0.946. The Morgan fingerprint density at radius 2 is 1.26 bits per heavy atom. The highest BCUT2D eigenvalue weighted by Gasteiger charge is 2.60. The average molecular weight is 539 g/mol. The van der Waals surface area contributed by atoms with Gasteiger partial charge in [0.1, 0.15) is 5.60 Å². The molecular formula is C30H36BrNO3. The van der Waals surface area contributed by atoms with Crippen molar-refractivity contribution in [2.24, 2.45) is 5.41 Å². The highest BCUT2D eigenvalue weighted by molar-refractivity contribution is 5.40. The second-order valence-electron chi connectivity index (χ2n) is 10.1. The van der Waals surface area contributed by atoms with Gasteiger partial charge in [0.2, 0.25) is 0 Å². The molecule has 3 saturated heterocycles. The van der Waals surface area contributed by atoms with Crippen LogP contribution in [0.5, 0.6) is 11.5 Å². The van der Waals surface area contributed by atoms with Gasteiger partial charge in [0.05, 0.1) is 39.9 Å². The van der Waals surface area contributed by atoms with Gasteiger partial charge in [-0.15, -0.1) is 0 Å². The Labute approximate surface area is 219 Å². The summed E-state index contributed by atoms with van der Waals surface area (Å²) in [6, 6.07) is 28.5. The van der Waals surface area contributed by atoms with E-state index in [-0.39, 0.29) is 22.4 Å². The number of halogens is 1. The maximum Gasteiger partial charge on any atom is 0.161 e. The standard InChI is InChI=1S/C30H36NO3.BrH/c1-33-27-15-8-9-16-28(27)34-24-10-20-31-21-17-29(18-22-31,19-23-31)30(32,25-11-4-2-5-12-25)26-13-6-3-7-14-26;/h2-9,11-16,32H,10,17-24H2,1H3;1H/q+1;/p-1. The molecule has 3 aliphatic rings. The summed E-state index contributed by atoms with van der Waals surface area (Å²) in [6.45, 7) is 5.19. The van der Waals surface area contributed by atoms with E-state index >= 15 is 0 Å². The first-order valence-corrected chi connectivity index (χ1v) is 12.6. The van der Waals surface area contributed by atoms with E-state index in [9.17, 15) is 5.11 Å². The average Bonchev–Trinajstić information content (AvgIpc) is 2.93. The van der Waals surface area contributed by atoms with E-state index in [0.717, 1.165) is 79.0 Å². The van der Waals surface area contributed by atoms with Crippen LogP contribution in [0.3, 0.4) is 0 Å². The molecule has 0 aliphatic carbocycles. The molecule has 3 heterocycles. The van der Waals surface area contributed by atoms with Gasteiger partial charge in [0.15, 0.2) is 11.5 Å². The Kier molecular flexibility index (Phi) is 7.89. The number of ether oxygens (including phenoxy) is 2. The third-order valence-electron chi connectivity index (χ3n) is 8.45. The quantitative estimate of drug-likeness (QED) is 0.336. The van der Waals surface area contributed by atoms with Gasteiger partial charge >= 0.3 is 0 Å². The number of para-hydroxylation sites is 2. The number of rotatable bonds is 9. The van der Waals surface area contributed by atoms with Gasteiger partial charge in [0, 0.05) is 31.1 Å². The maximum absolute atomic E-state index is 12.5. The number of methoxy groups -OCH3 is 1. The van der Waals surface area contributed by atoms with E-state index < -0.39 is 5.60 Å². The van der Waals surface area contributed by atoms with Crippen LogP contribution in [0.15, 0.2) is 84.9 Å². The van der Waals surface area contributed by atoms with Crippen molar-refractivity contribution in [1.82, 2.24) is 0 Å². The summed E-state index contributed by atoms with van der Waals surface area (Å²) in [5.41, 5.74) is 0.962. The van der Waals surface area contributed by atoms with E-state index in [0.29, 0.717) is 6.61 Å². The zero-order chi connectivity index (χ0) is 23.5. The third-order valence-corrected chi connectivity index (χ3v) is 8.45. The van der Waals surface area contributed by atoms with Gasteiger partial charge in [-0.05, 0) is 23.3 Å². The fourth-order valence-corrected chi connectivity index (χ4v) is 6.40. The fourth-order valence-electron chi connectivity index (χ4n) is 6.40. The minimum atomic E-state index is -0.959. The van der Waals surface area contributed by atoms with Crippen LogP contribution in [-0.4, -0.2) is 49.5 Å². The molecule has 3 aromatic rings. The van der Waals surface area contributed by atoms with Gasteiger partial charge in [-0.2, -0.15) is 0 Å². The molecule has 6 rings (SSSR count). The van der Waals surface area contributed by atoms with E-state index in [1.54, 1.807) is 7.11 Å². The molecule has 2 bridgehead atoms. The van der Waals surface area contributed by atoms with Crippen molar-refractivity contribution in [3.8, 4) is 11.5 Å². The predicted molar refractivity (Wildman–Crippen MR) is 135 cm³/mol. The van der Waals surface area contributed by atoms with Crippen LogP contribution in [0, 0.1) is 5.41 Å². The highest BCUT2D eigenvalue weighted by Crippen LogP contribution is 2.57. The zero-order valence-corrected chi connectivity index (χ0v) is 22.1. The smallest absolute Gasteiger partial charge is 0.161 e. The van der Waals surface area contributed by atoms with Crippen molar-refractivity contribution in [3.05, 3.63) is 96.1 Å². The number of hydrogen-bond acceptors (Lipinski definition) is 3. The molecule has 186 valence electrons. The minimum Gasteiger partial charge on any atom is -1.00 e. The molecule has 0 unspecified atom stereocenters. The second kappa shape index (κ2) is 10.7. The van der Waals surface area contributed by atoms with Crippen LogP contribution in [0.4, 0.5) is 0 Å². The lowest BCUT2D eigenvalue weighted by atomic mass is 9.56. The van der Waals surface area contributed by atoms with Crippen LogP contribution < -0.4 is 26.5 Å². The Bertz CT molecular complexity index is 1020. The van der Waals surface area contributed by atoms with Crippen molar-refractivity contribution >= 4 is 0 Å². The predicted octanol–water partition coefficient (Wildman–Crippen LogP) is 2.40. The number of piperidine rings is 3. The SMILES string of the molecule is COc1ccccc1OCCC[N+]12CCC(C(O)(c3ccccc3)c3ccccc3)(CC1)CC2.[Br-]. The molecule has 4 nitrogen and oxygen atoms in total. The Morgan fingerprint density at radius 1 is 0.771 bits per heavy atom. The number of aliphatic hydroxyl groups is 1. The molecule has 3 aromatic carbocycles. The molecule has 5 heteroatoms. The molecule has 0 saturated carbocycles. The lowest BCUT2D eigenvalue weighted by Gasteiger charge is -2.60. The Balaban J connectivity index is 0.00000289. The first-order valence-electron chi connectivity index (χ1n) is 12.6. The summed E-state index contributed by atoms with van der Waals surface area (Å²) in [4.78, 5) is 0. The van der Waals surface area contributed by atoms with Crippen molar-refractivity contribution in [3.63, 3.8) is 0 Å². The summed E-state index contributed by atoms with van der Waals surface area (Å²) >= 11 is 0. The summed E-state index contributed by atoms with van der Waals surface area (Å²) in [6.07, 6.45) is 4.15. The van der Waals surface area contributed by atoms with Crippen LogP contribution in [-0.2, 0) is 5.60 Å². The van der Waals surface area contributed by atoms with E-state index in [1.165, 1.54) is 0 Å². The molecule has 3 fully saturated rings. The normalized spacial score (nSPS) is 23.4. The van der Waals surface area contributed by atoms with Crippen molar-refractivity contribution in [2.45, 2.75) is 31.3 Å². The molecule has 35 heavy (non-hydrogen) atoms. The first kappa shape index (κ1) is 25.7. The number of hydrogen-bond donors (Lipinski definition) is 1. The van der Waals surface area contributed by atoms with Gasteiger partial charge in [0.25, 0.3) is 0 Å². The van der Waals surface area contributed by atoms with Crippen LogP contribution in [0.2, 0.25) is 0 Å². The number of quaternary nitrogens is 1. The number of nitrogens with zero attached hydrogens (tertiary/aromatic N) is 1. The van der Waals surface area contributed by atoms with Crippen molar-refractivity contribution in [1.29, 1.82) is 0 Å². The Morgan fingerprint density at radius 3 is 1.77 bits per heavy atom. The summed E-state index contributed by atoms with van der Waals surface area (Å²) < 4.78 is 12.6. The summed E-state index contributed by atoms with van der Waals surface area (Å²) in [7, 11) is 1.68. The van der Waals surface area contributed by atoms with Crippen LogP contribution in [0.1, 0.15) is 36.8 Å². The van der Waals surface area contributed by atoms with Gasteiger partial charge in [-0.1, -0.05) is 72.8 Å². The fraction of sp³-hybridized carbons (Fsp3) is 0.400. The summed E-state index contributed by atoms with van der Waals surface area (Å²) in [5, 5.41) is 12.5. The minimum absolute atomic E-state index is 0. The summed E-state index contributed by atoms with van der Waals surface area (Å²) in [5.74, 6) is 1.61. The first-order chi connectivity index (χ1) is 16.6. The second-order valence-corrected chi connectivity index (χ2v) is 10.1. The zero-order valence-electron chi connectivity index (χ0n) is 20.5. The molecule has 0 atom stereocenters. The molecule has 1 N–H and O–H groups in total. The molecule has 0 radical (unpaired) electrons. The van der Waals surface area contributed by atoms with Crippen molar-refractivity contribution < 1.29 is 36.0 Å². The molecular weight excluding hydrogens is 502 g/mol. The number of fused-ring (bicyclic) bond motifs is 3. The third kappa shape index (κ3) is 4.74. The topological polar surface area (TPSA) is 38.7 Å². The molecule has 0 amide bonds. The Hall–Kier alpha value is -2.34. The van der Waals surface area contributed by atoms with Gasteiger partial charge in [-0.3, -0.25) is 0 Å². The van der Waals surface area contributed by atoms with Crippen molar-refractivity contribution in [2.75, 3.05) is 39.9 Å².